The van der Waals surface area contributed by atoms with E-state index >= 15 is 0 Å². The number of nitrogens with two attached hydrogens (primary N) is 1. The van der Waals surface area contributed by atoms with Crippen molar-refractivity contribution in [2.24, 2.45) is 5.73 Å². The smallest absolute Gasteiger partial charge is 0.341 e. The fourth-order valence-electron chi connectivity index (χ4n) is 3.57. The molecule has 7 nitrogen and oxygen atoms in total. The number of carbonyl (C=O) groups is 1. The predicted octanol–water partition coefficient (Wildman–Crippen LogP) is 1.33. The summed E-state index contributed by atoms with van der Waals surface area (Å²) >= 11 is 0. The molecular formula is C17H18FN3O4. The summed E-state index contributed by atoms with van der Waals surface area (Å²) in [6.07, 6.45) is 1.32. The molecule has 4 rings (SSSR count). The van der Waals surface area contributed by atoms with Gasteiger partial charge in [-0.1, -0.05) is 0 Å². The second-order valence-electron chi connectivity index (χ2n) is 6.73. The van der Waals surface area contributed by atoms with Crippen molar-refractivity contribution in [2.45, 2.75) is 32.0 Å². The zero-order chi connectivity index (χ0) is 18.0. The number of aromatic nitrogens is 1. The van der Waals surface area contributed by atoms with Gasteiger partial charge < -0.3 is 25.0 Å². The number of anilines is 1. The molecular weight excluding hydrogens is 329 g/mol. The highest BCUT2D eigenvalue weighted by Gasteiger charge is 2.38. The molecule has 3 N–H and O–H groups in total. The SMILES string of the molecule is C[C@@H]1COc2c(N3C[C@@H](N)[C@@H]3C)c(F)cc3c(=O)c(C(=O)O)cn1c23. The molecule has 0 bridgehead atoms. The number of rotatable bonds is 2. The number of halogens is 1. The van der Waals surface area contributed by atoms with Gasteiger partial charge in [-0.2, -0.15) is 0 Å². The van der Waals surface area contributed by atoms with Crippen LogP contribution in [0.2, 0.25) is 0 Å². The van der Waals surface area contributed by atoms with Crippen LogP contribution in [0.25, 0.3) is 10.9 Å². The Bertz CT molecular complexity index is 971. The minimum absolute atomic E-state index is 0.0141. The van der Waals surface area contributed by atoms with E-state index in [1.54, 1.807) is 4.57 Å². The lowest BCUT2D eigenvalue weighted by Crippen LogP contribution is -2.63. The molecule has 8 heteroatoms. The Morgan fingerprint density at radius 2 is 2.16 bits per heavy atom. The summed E-state index contributed by atoms with van der Waals surface area (Å²) in [5.41, 5.74) is 5.54. The highest BCUT2D eigenvalue weighted by Crippen LogP contribution is 2.44. The van der Waals surface area contributed by atoms with Crippen molar-refractivity contribution in [1.82, 2.24) is 4.57 Å². The third kappa shape index (κ3) is 2.07. The highest BCUT2D eigenvalue weighted by atomic mass is 19.1. The summed E-state index contributed by atoms with van der Waals surface area (Å²) in [6.45, 7) is 4.50. The highest BCUT2D eigenvalue weighted by molar-refractivity contribution is 5.97. The first-order valence-corrected chi connectivity index (χ1v) is 8.11. The van der Waals surface area contributed by atoms with Crippen LogP contribution < -0.4 is 20.8 Å². The van der Waals surface area contributed by atoms with E-state index in [4.69, 9.17) is 10.5 Å². The van der Waals surface area contributed by atoms with Crippen molar-refractivity contribution in [3.8, 4) is 5.75 Å². The molecule has 2 aliphatic heterocycles. The van der Waals surface area contributed by atoms with Crippen molar-refractivity contribution in [3.05, 3.63) is 33.9 Å². The number of aromatic carboxylic acids is 1. The van der Waals surface area contributed by atoms with Crippen LogP contribution in [0.15, 0.2) is 17.1 Å². The monoisotopic (exact) mass is 347 g/mol. The van der Waals surface area contributed by atoms with Crippen LogP contribution in [0, 0.1) is 5.82 Å². The predicted molar refractivity (Wildman–Crippen MR) is 90.1 cm³/mol. The first-order chi connectivity index (χ1) is 11.8. The van der Waals surface area contributed by atoms with E-state index in [1.807, 2.05) is 18.7 Å². The fraction of sp³-hybridized carbons (Fsp3) is 0.412. The molecule has 2 aliphatic rings. The molecule has 3 heterocycles. The van der Waals surface area contributed by atoms with Crippen molar-refractivity contribution < 1.29 is 19.0 Å². The summed E-state index contributed by atoms with van der Waals surface area (Å²) < 4.78 is 22.3. The van der Waals surface area contributed by atoms with Crippen LogP contribution in [-0.4, -0.2) is 40.9 Å². The van der Waals surface area contributed by atoms with Gasteiger partial charge in [0.05, 0.1) is 16.9 Å². The number of benzene rings is 1. The maximum atomic E-state index is 14.8. The maximum Gasteiger partial charge on any atom is 0.341 e. The minimum Gasteiger partial charge on any atom is -0.487 e. The number of hydrogen-bond donors (Lipinski definition) is 2. The Kier molecular flexibility index (Phi) is 3.30. The average Bonchev–Trinajstić information content (AvgIpc) is 2.57. The number of carboxylic acid groups (broad SMARTS) is 1. The molecule has 1 aromatic heterocycles. The third-order valence-electron chi connectivity index (χ3n) is 5.18. The second kappa shape index (κ2) is 5.19. The average molecular weight is 347 g/mol. The number of pyridine rings is 1. The number of ether oxygens (including phenoxy) is 1. The lowest BCUT2D eigenvalue weighted by Gasteiger charge is -2.47. The van der Waals surface area contributed by atoms with Gasteiger partial charge >= 0.3 is 5.97 Å². The summed E-state index contributed by atoms with van der Waals surface area (Å²) in [7, 11) is 0. The van der Waals surface area contributed by atoms with E-state index in [2.05, 4.69) is 0 Å². The molecule has 0 aliphatic carbocycles. The summed E-state index contributed by atoms with van der Waals surface area (Å²) in [5.74, 6) is -1.66. The minimum atomic E-state index is -1.33. The van der Waals surface area contributed by atoms with E-state index in [0.29, 0.717) is 12.1 Å². The molecule has 0 spiro atoms. The fourth-order valence-corrected chi connectivity index (χ4v) is 3.57. The Morgan fingerprint density at radius 1 is 1.44 bits per heavy atom. The second-order valence-corrected chi connectivity index (χ2v) is 6.73. The summed E-state index contributed by atoms with van der Waals surface area (Å²) in [4.78, 5) is 25.7. The summed E-state index contributed by atoms with van der Waals surface area (Å²) in [6, 6.07) is 0.825. The van der Waals surface area contributed by atoms with E-state index in [-0.39, 0.29) is 47.1 Å². The van der Waals surface area contributed by atoms with Crippen molar-refractivity contribution in [1.29, 1.82) is 0 Å². The van der Waals surface area contributed by atoms with Gasteiger partial charge in [0.15, 0.2) is 11.6 Å². The first kappa shape index (κ1) is 15.9. The third-order valence-corrected chi connectivity index (χ3v) is 5.18. The molecule has 0 saturated carbocycles. The first-order valence-electron chi connectivity index (χ1n) is 8.11. The number of hydrogen-bond acceptors (Lipinski definition) is 5. The molecule has 2 aromatic rings. The lowest BCUT2D eigenvalue weighted by atomic mass is 9.96. The Balaban J connectivity index is 2.07. The van der Waals surface area contributed by atoms with Gasteiger partial charge in [0.25, 0.3) is 0 Å². The normalized spacial score (nSPS) is 24.8. The molecule has 1 fully saturated rings. The van der Waals surface area contributed by atoms with Gasteiger partial charge in [-0.05, 0) is 19.9 Å². The molecule has 0 amide bonds. The molecule has 1 saturated heterocycles. The van der Waals surface area contributed by atoms with Crippen molar-refractivity contribution >= 4 is 22.6 Å². The van der Waals surface area contributed by atoms with Crippen LogP contribution >= 0.6 is 0 Å². The Labute approximate surface area is 142 Å². The van der Waals surface area contributed by atoms with Gasteiger partial charge in [-0.25, -0.2) is 9.18 Å². The molecule has 0 radical (unpaired) electrons. The van der Waals surface area contributed by atoms with Gasteiger partial charge in [0.2, 0.25) is 5.43 Å². The Hall–Kier alpha value is -2.61. The zero-order valence-electron chi connectivity index (χ0n) is 13.8. The van der Waals surface area contributed by atoms with Gasteiger partial charge in [0, 0.05) is 24.8 Å². The maximum absolute atomic E-state index is 14.8. The molecule has 25 heavy (non-hydrogen) atoms. The van der Waals surface area contributed by atoms with Gasteiger partial charge in [-0.3, -0.25) is 4.79 Å². The van der Waals surface area contributed by atoms with Gasteiger partial charge in [-0.15, -0.1) is 0 Å². The van der Waals surface area contributed by atoms with Crippen molar-refractivity contribution in [2.75, 3.05) is 18.1 Å². The molecule has 1 aromatic carbocycles. The molecule has 0 unspecified atom stereocenters. The zero-order valence-corrected chi connectivity index (χ0v) is 13.8. The lowest BCUT2D eigenvalue weighted by molar-refractivity contribution is 0.0694. The van der Waals surface area contributed by atoms with Crippen LogP contribution in [0.4, 0.5) is 10.1 Å². The van der Waals surface area contributed by atoms with Gasteiger partial charge in [0.1, 0.15) is 17.9 Å². The molecule has 3 atom stereocenters. The quantitative estimate of drug-likeness (QED) is 0.850. The van der Waals surface area contributed by atoms with Crippen LogP contribution in [0.1, 0.15) is 30.2 Å². The molecule has 132 valence electrons. The van der Waals surface area contributed by atoms with Crippen LogP contribution in [-0.2, 0) is 0 Å². The van der Waals surface area contributed by atoms with Crippen LogP contribution in [0.5, 0.6) is 5.75 Å². The standard InChI is InChI=1S/C17H18FN3O4/c1-7-6-25-16-13-9(15(22)10(17(23)24)4-20(7)13)3-11(18)14(16)21-5-12(19)8(21)2/h3-4,7-8,12H,5-6,19H2,1-2H3,(H,23,24)/t7-,8+,12-/m1/s1. The van der Waals surface area contributed by atoms with E-state index in [9.17, 15) is 19.1 Å². The van der Waals surface area contributed by atoms with E-state index < -0.39 is 17.2 Å². The van der Waals surface area contributed by atoms with E-state index in [0.717, 1.165) is 6.07 Å². The largest absolute Gasteiger partial charge is 0.487 e. The van der Waals surface area contributed by atoms with Crippen molar-refractivity contribution in [3.63, 3.8) is 0 Å². The number of nitrogens with zero attached hydrogens (tertiary/aromatic N) is 2. The summed E-state index contributed by atoms with van der Waals surface area (Å²) in [5, 5.41) is 9.30. The van der Waals surface area contributed by atoms with E-state index in [1.165, 1.54) is 6.20 Å². The topological polar surface area (TPSA) is 97.8 Å². The number of carboxylic acids is 1. The Morgan fingerprint density at radius 3 is 2.76 bits per heavy atom. The van der Waals surface area contributed by atoms with Crippen LogP contribution in [0.3, 0.4) is 0 Å².